The van der Waals surface area contributed by atoms with Crippen molar-refractivity contribution < 1.29 is 0 Å². The third-order valence-electron chi connectivity index (χ3n) is 30.4. The Morgan fingerprint density at radius 2 is 0.211 bits per heavy atom. The molecule has 37 rings (SSSR count). The summed E-state index contributed by atoms with van der Waals surface area (Å²) in [7, 11) is 0. The molecule has 1 fully saturated rings. The quantitative estimate of drug-likeness (QED) is 0.151. The van der Waals surface area contributed by atoms with Crippen molar-refractivity contribution in [3.8, 4) is 0 Å². The molecule has 90 heavy (non-hydrogen) atoms. The van der Waals surface area contributed by atoms with Gasteiger partial charge in [0.05, 0.1) is 27.1 Å². The Bertz CT molecular complexity index is 6760. The lowest BCUT2D eigenvalue weighted by molar-refractivity contribution is 0.438. The second-order valence-electron chi connectivity index (χ2n) is 31.2. The largest absolute Gasteiger partial charge is 0.0622 e. The topological polar surface area (TPSA) is 0 Å². The Labute approximate surface area is 504 Å². The average molecular weight is 1110 g/mol. The zero-order chi connectivity index (χ0) is 54.8. The highest BCUT2D eigenvalue weighted by Gasteiger charge is 2.90. The molecule has 26 aromatic carbocycles. The molecule has 0 unspecified atom stereocenters. The van der Waals surface area contributed by atoms with E-state index in [1.807, 2.05) is 0 Å². The summed E-state index contributed by atoms with van der Waals surface area (Å²) in [5, 5.41) is 64.8. The standard InChI is InChI=1S/C90H25/c1-6-16-26(17-7-1)86-71-61-51-41-36-31-32-34-35-33(31)38-45-43(36)53(51)63-65-55(45)57-47(38)49-40(35)50-48-39(34)46-44-37(32)42(41)52-54(44)64-66-56(46)58(48)68-70-60(50)59(49)69-67(57)77-75(65)87(73(63)71,27-18-8-2-9-19-27)82-81(86)83-85-84(82)89(77,29-22-12-4-13-23-29)79(69)80(70)90(85,30-24-14-5-15-25-30)78(68)76(66)88(83,28-20-10-3-11-21-28)74(64)72(86)62(52)61/h1-25H. The second-order valence-corrected chi connectivity index (χ2v) is 31.2. The fourth-order valence-electron chi connectivity index (χ4n) is 30.0. The molecule has 385 valence electrons. The van der Waals surface area contributed by atoms with Gasteiger partial charge in [0.2, 0.25) is 0 Å². The van der Waals surface area contributed by atoms with Gasteiger partial charge in [-0.05, 0) is 299 Å². The maximum atomic E-state index is 2.65. The fraction of sp³-hybridized carbons (Fsp3) is 0.0556. The summed E-state index contributed by atoms with van der Waals surface area (Å²) < 4.78 is 0. The van der Waals surface area contributed by atoms with Crippen LogP contribution in [0.2, 0.25) is 0 Å². The van der Waals surface area contributed by atoms with Crippen LogP contribution in [0.25, 0.3) is 215 Å². The van der Waals surface area contributed by atoms with E-state index in [0.717, 1.165) is 0 Å². The minimum Gasteiger partial charge on any atom is -0.0622 e. The number of hydrogen-bond donors (Lipinski definition) is 0. The van der Waals surface area contributed by atoms with Crippen molar-refractivity contribution in [2.24, 2.45) is 0 Å². The van der Waals surface area contributed by atoms with Crippen LogP contribution in [0.1, 0.15) is 83.5 Å². The highest BCUT2D eigenvalue weighted by molar-refractivity contribution is 6.77. The Kier molecular flexibility index (Phi) is 3.90. The molecule has 0 aromatic heterocycles. The molecular weight excluding hydrogens is 1080 g/mol. The fourth-order valence-corrected chi connectivity index (χ4v) is 30.0. The zero-order valence-corrected chi connectivity index (χ0v) is 46.9. The molecule has 11 aliphatic carbocycles. The van der Waals surface area contributed by atoms with E-state index in [9.17, 15) is 0 Å². The van der Waals surface area contributed by atoms with E-state index in [2.05, 4.69) is 152 Å². The first-order valence-electron chi connectivity index (χ1n) is 33.3. The minimum absolute atomic E-state index is 0.648. The summed E-state index contributed by atoms with van der Waals surface area (Å²) >= 11 is 0. The summed E-state index contributed by atoms with van der Waals surface area (Å²) in [4.78, 5) is 0. The Balaban J connectivity index is 1.05. The average Bonchev–Trinajstić information content (AvgIpc) is 1.37. The molecule has 0 bridgehead atoms. The van der Waals surface area contributed by atoms with Crippen molar-refractivity contribution in [3.05, 3.63) is 265 Å². The lowest BCUT2D eigenvalue weighted by atomic mass is 9.37. The van der Waals surface area contributed by atoms with E-state index in [4.69, 9.17) is 0 Å². The van der Waals surface area contributed by atoms with Gasteiger partial charge >= 0.3 is 0 Å². The van der Waals surface area contributed by atoms with Crippen LogP contribution >= 0.6 is 0 Å². The number of hydrogen-bond acceptors (Lipinski definition) is 0. The monoisotopic (exact) mass is 1110 g/mol. The van der Waals surface area contributed by atoms with Gasteiger partial charge in [-0.2, -0.15) is 0 Å². The molecule has 5 radical (unpaired) electrons. The van der Waals surface area contributed by atoms with E-state index < -0.39 is 27.1 Å². The van der Waals surface area contributed by atoms with Crippen LogP contribution in [0.5, 0.6) is 0 Å². The van der Waals surface area contributed by atoms with Crippen molar-refractivity contribution in [3.63, 3.8) is 0 Å². The summed E-state index contributed by atoms with van der Waals surface area (Å²) in [5.41, 5.74) is 20.6. The third kappa shape index (κ3) is 2.25. The van der Waals surface area contributed by atoms with Crippen LogP contribution < -0.4 is 0 Å². The van der Waals surface area contributed by atoms with Gasteiger partial charge in [-0.15, -0.1) is 0 Å². The van der Waals surface area contributed by atoms with Crippen LogP contribution in [-0.2, 0) is 27.1 Å². The summed E-state index contributed by atoms with van der Waals surface area (Å²) in [6, 6.07) is 62.5. The third-order valence-corrected chi connectivity index (χ3v) is 30.4. The van der Waals surface area contributed by atoms with E-state index in [1.54, 1.807) is 301 Å². The maximum Gasteiger partial charge on any atom is 0.0545 e. The highest BCUT2D eigenvalue weighted by atomic mass is 14.9. The van der Waals surface area contributed by atoms with Crippen LogP contribution in [0, 0.1) is 29.6 Å². The van der Waals surface area contributed by atoms with Crippen LogP contribution in [0.4, 0.5) is 0 Å². The molecule has 1 saturated carbocycles. The van der Waals surface area contributed by atoms with Gasteiger partial charge in [0.15, 0.2) is 0 Å². The second kappa shape index (κ2) is 9.38. The zero-order valence-electron chi connectivity index (χ0n) is 46.9. The maximum absolute atomic E-state index is 2.65. The van der Waals surface area contributed by atoms with Crippen LogP contribution in [-0.4, -0.2) is 0 Å². The Hall–Kier alpha value is -10.4. The van der Waals surface area contributed by atoms with Crippen molar-refractivity contribution in [1.29, 1.82) is 0 Å². The van der Waals surface area contributed by atoms with Gasteiger partial charge in [-0.25, -0.2) is 0 Å². The Morgan fingerprint density at radius 3 is 0.322 bits per heavy atom. The van der Waals surface area contributed by atoms with Gasteiger partial charge in [0, 0.05) is 29.6 Å². The van der Waals surface area contributed by atoms with Gasteiger partial charge in [-0.3, -0.25) is 0 Å². The van der Waals surface area contributed by atoms with Crippen LogP contribution in [0.3, 0.4) is 0 Å². The lowest BCUT2D eigenvalue weighted by Crippen LogP contribution is -2.60. The molecule has 0 amide bonds. The molecule has 0 saturated heterocycles. The van der Waals surface area contributed by atoms with E-state index >= 15 is 0 Å². The van der Waals surface area contributed by atoms with Crippen molar-refractivity contribution in [2.75, 3.05) is 0 Å². The Morgan fingerprint density at radius 1 is 0.111 bits per heavy atom. The normalized spacial score (nSPS) is 26.9. The molecule has 0 heteroatoms. The first-order valence-corrected chi connectivity index (χ1v) is 33.3. The molecule has 0 atom stereocenters. The smallest absolute Gasteiger partial charge is 0.0545 e. The van der Waals surface area contributed by atoms with Crippen LogP contribution in [0.15, 0.2) is 152 Å². The highest BCUT2D eigenvalue weighted by Crippen LogP contribution is 2.97. The van der Waals surface area contributed by atoms with E-state index in [0.29, 0.717) is 0 Å². The van der Waals surface area contributed by atoms with Crippen molar-refractivity contribution >= 4 is 215 Å². The SMILES string of the molecule is c1ccc(C23[C]4[C]5[C]6[C]7[C]4C4(c8ccccc8)c8c2c2c9c3c3c%10c%11c(c%12c%13c%14c(c%15c%16c%17c(c4c4c8c8c2c2c%18c9c%10c9c%10c%11c%13c%11c%13c%14c%16c%14c%16c%17c4c4c8c2c2c(c%189)c(c%10%11)c(c%13%14)c2c4%16)C7%15c2ccccc2)C6%12c2ccccc2)C53c2ccccc2)cc1. The first kappa shape index (κ1) is 37.4. The summed E-state index contributed by atoms with van der Waals surface area (Å²) in [6.45, 7) is 0. The molecule has 0 N–H and O–H groups in total. The molecule has 0 nitrogen and oxygen atoms in total. The summed E-state index contributed by atoms with van der Waals surface area (Å²) in [5.74, 6) is 8.30. The molecule has 11 aliphatic rings. The lowest BCUT2D eigenvalue weighted by Gasteiger charge is -2.63. The van der Waals surface area contributed by atoms with Gasteiger partial charge in [0.1, 0.15) is 0 Å². The molecular formula is C90H25. The van der Waals surface area contributed by atoms with E-state index in [-0.39, 0.29) is 0 Å². The molecule has 0 spiro atoms. The van der Waals surface area contributed by atoms with Gasteiger partial charge in [0.25, 0.3) is 0 Å². The van der Waals surface area contributed by atoms with E-state index in [1.165, 1.54) is 27.8 Å². The van der Waals surface area contributed by atoms with Crippen molar-refractivity contribution in [1.82, 2.24) is 0 Å². The first-order chi connectivity index (χ1) is 44.9. The predicted octanol–water partition coefficient (Wildman–Crippen LogP) is 20.8. The van der Waals surface area contributed by atoms with Crippen molar-refractivity contribution in [2.45, 2.75) is 27.1 Å². The van der Waals surface area contributed by atoms with Gasteiger partial charge < -0.3 is 0 Å². The minimum atomic E-state index is -0.648. The van der Waals surface area contributed by atoms with Gasteiger partial charge in [-0.1, -0.05) is 152 Å². The molecule has 0 aliphatic heterocycles. The number of benzene rings is 20. The summed E-state index contributed by atoms with van der Waals surface area (Å²) in [6.07, 6.45) is 0. The molecule has 26 aromatic rings. The molecule has 0 heterocycles. The predicted molar refractivity (Wildman–Crippen MR) is 366 cm³/mol. The number of rotatable bonds is 5.